The van der Waals surface area contributed by atoms with Crippen molar-refractivity contribution >= 4 is 28.5 Å². The van der Waals surface area contributed by atoms with Crippen LogP contribution in [0.25, 0.3) is 11.1 Å². The molecule has 0 atom stereocenters. The molecular formula is C12H12N4OS. The molecule has 3 rings (SSSR count). The predicted molar refractivity (Wildman–Crippen MR) is 71.4 cm³/mol. The molecule has 3 aromatic rings. The molecule has 0 saturated heterocycles. The molecule has 0 bridgehead atoms. The Morgan fingerprint density at radius 3 is 3.17 bits per heavy atom. The summed E-state index contributed by atoms with van der Waals surface area (Å²) in [4.78, 5) is 4.38. The number of benzene rings is 1. The second-order valence-electron chi connectivity index (χ2n) is 3.82. The van der Waals surface area contributed by atoms with Gasteiger partial charge >= 0.3 is 0 Å². The average molecular weight is 260 g/mol. The number of hydrogen-bond acceptors (Lipinski definition) is 5. The molecule has 1 aromatic carbocycles. The van der Waals surface area contributed by atoms with Gasteiger partial charge in [-0.1, -0.05) is 11.8 Å². The molecule has 0 amide bonds. The zero-order chi connectivity index (χ0) is 12.4. The van der Waals surface area contributed by atoms with Crippen molar-refractivity contribution in [3.63, 3.8) is 0 Å². The van der Waals surface area contributed by atoms with Crippen LogP contribution in [0.4, 0.5) is 5.69 Å². The maximum atomic E-state index is 5.69. The second-order valence-corrected chi connectivity index (χ2v) is 4.87. The van der Waals surface area contributed by atoms with E-state index in [9.17, 15) is 0 Å². The normalized spacial score (nSPS) is 11.1. The second kappa shape index (κ2) is 4.73. The van der Waals surface area contributed by atoms with Crippen LogP contribution in [-0.4, -0.2) is 20.5 Å². The molecule has 0 spiro atoms. The lowest BCUT2D eigenvalue weighted by Gasteiger charge is -1.97. The van der Waals surface area contributed by atoms with E-state index in [1.54, 1.807) is 24.0 Å². The van der Waals surface area contributed by atoms with Gasteiger partial charge in [0.15, 0.2) is 5.58 Å². The van der Waals surface area contributed by atoms with Gasteiger partial charge in [-0.05, 0) is 18.2 Å². The van der Waals surface area contributed by atoms with Gasteiger partial charge in [0, 0.05) is 29.9 Å². The van der Waals surface area contributed by atoms with Gasteiger partial charge in [-0.3, -0.25) is 4.68 Å². The van der Waals surface area contributed by atoms with Crippen LogP contribution < -0.4 is 5.73 Å². The maximum absolute atomic E-state index is 5.69. The van der Waals surface area contributed by atoms with Crippen LogP contribution in [0, 0.1) is 0 Å². The van der Waals surface area contributed by atoms with Crippen molar-refractivity contribution in [3.05, 3.63) is 36.7 Å². The molecule has 0 fully saturated rings. The lowest BCUT2D eigenvalue weighted by molar-refractivity contribution is 0.489. The van der Waals surface area contributed by atoms with Gasteiger partial charge in [0.25, 0.3) is 5.22 Å². The quantitative estimate of drug-likeness (QED) is 0.576. The van der Waals surface area contributed by atoms with Crippen molar-refractivity contribution in [2.45, 2.75) is 11.8 Å². The van der Waals surface area contributed by atoms with Crippen LogP contribution in [0.3, 0.4) is 0 Å². The van der Waals surface area contributed by atoms with Crippen LogP contribution in [0.1, 0.15) is 0 Å². The largest absolute Gasteiger partial charge is 0.431 e. The van der Waals surface area contributed by atoms with E-state index in [2.05, 4.69) is 10.1 Å². The molecule has 5 nitrogen and oxygen atoms in total. The Balaban J connectivity index is 1.67. The molecule has 2 N–H and O–H groups in total. The topological polar surface area (TPSA) is 69.9 Å². The van der Waals surface area contributed by atoms with E-state index >= 15 is 0 Å². The summed E-state index contributed by atoms with van der Waals surface area (Å²) in [5.74, 6) is 0.865. The van der Waals surface area contributed by atoms with Gasteiger partial charge in [-0.2, -0.15) is 5.10 Å². The third-order valence-corrected chi connectivity index (χ3v) is 3.31. The molecule has 2 heterocycles. The standard InChI is InChI=1S/C12H12N4OS/c13-9-2-3-10-11(8-9)17-12(15-10)18-7-6-16-5-1-4-14-16/h1-5,8H,6-7,13H2. The van der Waals surface area contributed by atoms with E-state index in [0.29, 0.717) is 10.9 Å². The Hall–Kier alpha value is -1.95. The molecule has 18 heavy (non-hydrogen) atoms. The van der Waals surface area contributed by atoms with Crippen LogP contribution in [-0.2, 0) is 6.54 Å². The van der Waals surface area contributed by atoms with Crippen molar-refractivity contribution in [1.82, 2.24) is 14.8 Å². The van der Waals surface area contributed by atoms with Crippen molar-refractivity contribution in [2.75, 3.05) is 11.5 Å². The van der Waals surface area contributed by atoms with Gasteiger partial charge in [-0.25, -0.2) is 4.98 Å². The van der Waals surface area contributed by atoms with E-state index in [1.165, 1.54) is 0 Å². The highest BCUT2D eigenvalue weighted by Gasteiger charge is 2.06. The van der Waals surface area contributed by atoms with Crippen LogP contribution in [0.5, 0.6) is 0 Å². The number of rotatable bonds is 4. The molecule has 0 aliphatic carbocycles. The number of anilines is 1. The third-order valence-electron chi connectivity index (χ3n) is 2.50. The van der Waals surface area contributed by atoms with Crippen LogP contribution in [0.2, 0.25) is 0 Å². The lowest BCUT2D eigenvalue weighted by Crippen LogP contribution is -2.00. The predicted octanol–water partition coefficient (Wildman–Crippen LogP) is 2.40. The smallest absolute Gasteiger partial charge is 0.256 e. The molecular weight excluding hydrogens is 248 g/mol. The monoisotopic (exact) mass is 260 g/mol. The van der Waals surface area contributed by atoms with Gasteiger partial charge in [-0.15, -0.1) is 0 Å². The minimum Gasteiger partial charge on any atom is -0.431 e. The first-order valence-electron chi connectivity index (χ1n) is 5.57. The van der Waals surface area contributed by atoms with Crippen molar-refractivity contribution in [1.29, 1.82) is 0 Å². The minimum atomic E-state index is 0.669. The molecule has 0 aliphatic rings. The number of nitrogen functional groups attached to an aromatic ring is 1. The van der Waals surface area contributed by atoms with Crippen molar-refractivity contribution in [3.8, 4) is 0 Å². The summed E-state index contributed by atoms with van der Waals surface area (Å²) < 4.78 is 7.49. The Morgan fingerprint density at radius 1 is 1.39 bits per heavy atom. The number of fused-ring (bicyclic) bond motifs is 1. The van der Waals surface area contributed by atoms with Crippen LogP contribution >= 0.6 is 11.8 Å². The Labute approximate surface area is 108 Å². The number of nitrogens with zero attached hydrogens (tertiary/aromatic N) is 3. The Morgan fingerprint density at radius 2 is 2.33 bits per heavy atom. The number of nitrogens with two attached hydrogens (primary N) is 1. The molecule has 0 unspecified atom stereocenters. The summed E-state index contributed by atoms with van der Waals surface area (Å²) in [5.41, 5.74) is 7.95. The zero-order valence-electron chi connectivity index (χ0n) is 9.61. The molecule has 6 heteroatoms. The lowest BCUT2D eigenvalue weighted by atomic mass is 10.3. The van der Waals surface area contributed by atoms with Gasteiger partial charge in [0.05, 0.1) is 6.54 Å². The summed E-state index contributed by atoms with van der Waals surface area (Å²) >= 11 is 1.57. The molecule has 2 aromatic heterocycles. The van der Waals surface area contributed by atoms with Gasteiger partial charge in [0.2, 0.25) is 0 Å². The highest BCUT2D eigenvalue weighted by molar-refractivity contribution is 7.99. The van der Waals surface area contributed by atoms with E-state index in [0.717, 1.165) is 23.4 Å². The molecule has 0 radical (unpaired) electrons. The average Bonchev–Trinajstić information content (AvgIpc) is 2.97. The number of oxazole rings is 1. The van der Waals surface area contributed by atoms with E-state index < -0.39 is 0 Å². The third kappa shape index (κ3) is 2.33. The maximum Gasteiger partial charge on any atom is 0.256 e. The fraction of sp³-hybridized carbons (Fsp3) is 0.167. The fourth-order valence-corrected chi connectivity index (χ4v) is 2.41. The molecule has 0 aliphatic heterocycles. The first-order chi connectivity index (χ1) is 8.81. The zero-order valence-corrected chi connectivity index (χ0v) is 10.4. The fourth-order valence-electron chi connectivity index (χ4n) is 1.64. The first kappa shape index (κ1) is 11.2. The number of aryl methyl sites for hydroxylation is 1. The minimum absolute atomic E-state index is 0.669. The van der Waals surface area contributed by atoms with Crippen LogP contribution in [0.15, 0.2) is 46.3 Å². The Kier molecular flexibility index (Phi) is 2.93. The number of aromatic nitrogens is 3. The SMILES string of the molecule is Nc1ccc2nc(SCCn3cccn3)oc2c1. The summed E-state index contributed by atoms with van der Waals surface area (Å²) in [7, 11) is 0. The molecule has 0 saturated carbocycles. The first-order valence-corrected chi connectivity index (χ1v) is 6.56. The Bertz CT molecular complexity index is 647. The highest BCUT2D eigenvalue weighted by Crippen LogP contribution is 2.24. The van der Waals surface area contributed by atoms with Gasteiger partial charge in [0.1, 0.15) is 5.52 Å². The van der Waals surface area contributed by atoms with E-state index in [4.69, 9.17) is 10.2 Å². The summed E-state index contributed by atoms with van der Waals surface area (Å²) in [6.07, 6.45) is 3.71. The highest BCUT2D eigenvalue weighted by atomic mass is 32.2. The number of thioether (sulfide) groups is 1. The van der Waals surface area contributed by atoms with Crippen molar-refractivity contribution < 1.29 is 4.42 Å². The summed E-state index contributed by atoms with van der Waals surface area (Å²) in [6, 6.07) is 7.39. The molecule has 92 valence electrons. The van der Waals surface area contributed by atoms with Crippen molar-refractivity contribution in [2.24, 2.45) is 0 Å². The summed E-state index contributed by atoms with van der Waals surface area (Å²) in [6.45, 7) is 0.832. The van der Waals surface area contributed by atoms with E-state index in [-0.39, 0.29) is 0 Å². The van der Waals surface area contributed by atoms with Gasteiger partial charge < -0.3 is 10.2 Å². The van der Waals surface area contributed by atoms with E-state index in [1.807, 2.05) is 29.1 Å². The summed E-state index contributed by atoms with van der Waals surface area (Å²) in [5, 5.41) is 4.81. The number of hydrogen-bond donors (Lipinski definition) is 1.